The van der Waals surface area contributed by atoms with Crippen LogP contribution in [0.15, 0.2) is 48.8 Å². The maximum Gasteiger partial charge on any atom is 0.276 e. The van der Waals surface area contributed by atoms with Gasteiger partial charge in [-0.1, -0.05) is 12.1 Å². The third kappa shape index (κ3) is 2.64. The molecule has 0 bridgehead atoms. The summed E-state index contributed by atoms with van der Waals surface area (Å²) in [6.07, 6.45) is 3.45. The zero-order valence-corrected chi connectivity index (χ0v) is 11.4. The van der Waals surface area contributed by atoms with E-state index in [2.05, 4.69) is 25.8 Å². The molecule has 0 saturated heterocycles. The van der Waals surface area contributed by atoms with Gasteiger partial charge in [-0.05, 0) is 24.3 Å². The van der Waals surface area contributed by atoms with Crippen molar-refractivity contribution in [1.82, 2.24) is 15.2 Å². The van der Waals surface area contributed by atoms with Crippen molar-refractivity contribution >= 4 is 28.2 Å². The lowest BCUT2D eigenvalue weighted by molar-refractivity contribution is 0.102. The van der Waals surface area contributed by atoms with Crippen LogP contribution in [-0.4, -0.2) is 28.1 Å². The molecule has 0 fully saturated rings. The number of carbonyl (C=O) groups is 1. The van der Waals surface area contributed by atoms with Crippen LogP contribution < -0.4 is 10.6 Å². The number of rotatable bonds is 3. The van der Waals surface area contributed by atoms with Crippen LogP contribution in [-0.2, 0) is 0 Å². The van der Waals surface area contributed by atoms with E-state index < -0.39 is 0 Å². The second-order valence-corrected chi connectivity index (χ2v) is 4.41. The number of carbonyl (C=O) groups excluding carboxylic acids is 1. The van der Waals surface area contributed by atoms with E-state index in [4.69, 9.17) is 0 Å². The largest absolute Gasteiger partial charge is 0.372 e. The van der Waals surface area contributed by atoms with E-state index >= 15 is 0 Å². The minimum Gasteiger partial charge on any atom is -0.372 e. The zero-order valence-electron chi connectivity index (χ0n) is 11.4. The summed E-state index contributed by atoms with van der Waals surface area (Å²) < 4.78 is 0. The summed E-state index contributed by atoms with van der Waals surface area (Å²) in [6, 6.07) is 10.8. The highest BCUT2D eigenvalue weighted by molar-refractivity contribution is 6.08. The topological polar surface area (TPSA) is 79.8 Å². The van der Waals surface area contributed by atoms with E-state index in [1.54, 1.807) is 31.6 Å². The van der Waals surface area contributed by atoms with Crippen LogP contribution in [0.3, 0.4) is 0 Å². The van der Waals surface area contributed by atoms with Crippen LogP contribution in [0.5, 0.6) is 0 Å². The number of fused-ring (bicyclic) bond motifs is 1. The molecular weight excluding hydrogens is 266 g/mol. The van der Waals surface area contributed by atoms with E-state index in [-0.39, 0.29) is 11.6 Å². The van der Waals surface area contributed by atoms with Gasteiger partial charge in [-0.2, -0.15) is 0 Å². The zero-order chi connectivity index (χ0) is 14.7. The van der Waals surface area contributed by atoms with E-state index in [1.807, 2.05) is 24.3 Å². The number of hydrogen-bond acceptors (Lipinski definition) is 5. The number of aromatic nitrogens is 3. The molecule has 6 nitrogen and oxygen atoms in total. The molecule has 3 rings (SSSR count). The summed E-state index contributed by atoms with van der Waals surface area (Å²) in [4.78, 5) is 16.3. The lowest BCUT2D eigenvalue weighted by atomic mass is 10.1. The van der Waals surface area contributed by atoms with Gasteiger partial charge in [0.1, 0.15) is 5.82 Å². The van der Waals surface area contributed by atoms with Crippen molar-refractivity contribution in [1.29, 1.82) is 0 Å². The molecule has 3 aromatic rings. The summed E-state index contributed by atoms with van der Waals surface area (Å²) in [7, 11) is 1.74. The Morgan fingerprint density at radius 1 is 1.10 bits per heavy atom. The summed E-state index contributed by atoms with van der Waals surface area (Å²) >= 11 is 0. The SMILES string of the molecule is CNc1ccc(C(=O)Nc2cccc3cnccc23)nn1. The second-order valence-electron chi connectivity index (χ2n) is 4.41. The highest BCUT2D eigenvalue weighted by atomic mass is 16.1. The van der Waals surface area contributed by atoms with Gasteiger partial charge in [0.2, 0.25) is 0 Å². The van der Waals surface area contributed by atoms with Crippen molar-refractivity contribution in [2.24, 2.45) is 0 Å². The third-order valence-electron chi connectivity index (χ3n) is 3.08. The van der Waals surface area contributed by atoms with Crippen molar-refractivity contribution in [3.05, 3.63) is 54.5 Å². The smallest absolute Gasteiger partial charge is 0.276 e. The number of nitrogens with one attached hydrogen (secondary N) is 2. The van der Waals surface area contributed by atoms with Gasteiger partial charge in [-0.15, -0.1) is 10.2 Å². The van der Waals surface area contributed by atoms with Gasteiger partial charge < -0.3 is 10.6 Å². The first-order valence-electron chi connectivity index (χ1n) is 6.43. The predicted octanol–water partition coefficient (Wildman–Crippen LogP) is 2.32. The Morgan fingerprint density at radius 3 is 2.76 bits per heavy atom. The van der Waals surface area contributed by atoms with E-state index in [0.717, 1.165) is 16.5 Å². The van der Waals surface area contributed by atoms with Crippen molar-refractivity contribution in [2.45, 2.75) is 0 Å². The Kier molecular flexibility index (Phi) is 3.42. The molecule has 0 aliphatic carbocycles. The van der Waals surface area contributed by atoms with Crippen molar-refractivity contribution in [2.75, 3.05) is 17.7 Å². The first kappa shape index (κ1) is 13.0. The van der Waals surface area contributed by atoms with Crippen LogP contribution in [0.1, 0.15) is 10.5 Å². The lowest BCUT2D eigenvalue weighted by Crippen LogP contribution is -2.14. The van der Waals surface area contributed by atoms with Gasteiger partial charge in [0.05, 0.1) is 0 Å². The molecule has 0 unspecified atom stereocenters. The second kappa shape index (κ2) is 5.54. The quantitative estimate of drug-likeness (QED) is 0.769. The highest BCUT2D eigenvalue weighted by Gasteiger charge is 2.10. The van der Waals surface area contributed by atoms with Crippen LogP contribution in [0, 0.1) is 0 Å². The number of hydrogen-bond donors (Lipinski definition) is 2. The molecule has 1 aromatic carbocycles. The Bertz CT molecular complexity index is 780. The van der Waals surface area contributed by atoms with Gasteiger partial charge >= 0.3 is 0 Å². The maximum atomic E-state index is 12.2. The molecule has 6 heteroatoms. The number of pyridine rings is 1. The van der Waals surface area contributed by atoms with Gasteiger partial charge in [0, 0.05) is 35.9 Å². The number of benzene rings is 1. The van der Waals surface area contributed by atoms with E-state index in [9.17, 15) is 4.79 Å². The van der Waals surface area contributed by atoms with Gasteiger partial charge in [-0.3, -0.25) is 9.78 Å². The normalized spacial score (nSPS) is 10.3. The van der Waals surface area contributed by atoms with Crippen molar-refractivity contribution in [3.63, 3.8) is 0 Å². The molecule has 2 N–H and O–H groups in total. The summed E-state index contributed by atoms with van der Waals surface area (Å²) in [5.41, 5.74) is 0.986. The average molecular weight is 279 g/mol. The monoisotopic (exact) mass is 279 g/mol. The Labute approximate surface area is 121 Å². The van der Waals surface area contributed by atoms with Crippen LogP contribution in [0.2, 0.25) is 0 Å². The minimum atomic E-state index is -0.297. The number of amides is 1. The summed E-state index contributed by atoms with van der Waals surface area (Å²) in [5.74, 6) is 0.317. The minimum absolute atomic E-state index is 0.264. The molecule has 2 aromatic heterocycles. The molecule has 0 saturated carbocycles. The van der Waals surface area contributed by atoms with Gasteiger partial charge in [-0.25, -0.2) is 0 Å². The first-order chi connectivity index (χ1) is 10.3. The molecular formula is C15H13N5O. The fourth-order valence-corrected chi connectivity index (χ4v) is 2.00. The van der Waals surface area contributed by atoms with Crippen LogP contribution in [0.4, 0.5) is 11.5 Å². The summed E-state index contributed by atoms with van der Waals surface area (Å²) in [5, 5.41) is 15.4. The maximum absolute atomic E-state index is 12.2. The molecule has 104 valence electrons. The average Bonchev–Trinajstić information content (AvgIpc) is 2.55. The van der Waals surface area contributed by atoms with Crippen molar-refractivity contribution in [3.8, 4) is 0 Å². The molecule has 2 heterocycles. The van der Waals surface area contributed by atoms with Crippen molar-refractivity contribution < 1.29 is 4.79 Å². The molecule has 0 aliphatic rings. The van der Waals surface area contributed by atoms with Gasteiger partial charge in [0.25, 0.3) is 5.91 Å². The third-order valence-corrected chi connectivity index (χ3v) is 3.08. The highest BCUT2D eigenvalue weighted by Crippen LogP contribution is 2.22. The molecule has 0 spiro atoms. The van der Waals surface area contributed by atoms with Crippen LogP contribution >= 0.6 is 0 Å². The van der Waals surface area contributed by atoms with E-state index in [0.29, 0.717) is 5.82 Å². The Hall–Kier alpha value is -3.02. The molecule has 0 radical (unpaired) electrons. The fourth-order valence-electron chi connectivity index (χ4n) is 2.00. The number of anilines is 2. The predicted molar refractivity (Wildman–Crippen MR) is 81.3 cm³/mol. The molecule has 1 amide bonds. The molecule has 21 heavy (non-hydrogen) atoms. The summed E-state index contributed by atoms with van der Waals surface area (Å²) in [6.45, 7) is 0. The molecule has 0 atom stereocenters. The number of nitrogens with zero attached hydrogens (tertiary/aromatic N) is 3. The fraction of sp³-hybridized carbons (Fsp3) is 0.0667. The Balaban J connectivity index is 1.89. The van der Waals surface area contributed by atoms with E-state index in [1.165, 1.54) is 0 Å². The lowest BCUT2D eigenvalue weighted by Gasteiger charge is -2.08. The van der Waals surface area contributed by atoms with Crippen LogP contribution in [0.25, 0.3) is 10.8 Å². The first-order valence-corrected chi connectivity index (χ1v) is 6.43. The standard InChI is InChI=1S/C15H13N5O/c1-16-14-6-5-13(19-20-14)15(21)18-12-4-2-3-10-9-17-8-7-11(10)12/h2-9H,1H3,(H,16,20)(H,18,21). The molecule has 0 aliphatic heterocycles. The Morgan fingerprint density at radius 2 is 2.00 bits per heavy atom. The van der Waals surface area contributed by atoms with Gasteiger partial charge in [0.15, 0.2) is 5.69 Å².